The van der Waals surface area contributed by atoms with E-state index in [0.29, 0.717) is 5.56 Å². The predicted molar refractivity (Wildman–Crippen MR) is 140 cm³/mol. The fourth-order valence-corrected chi connectivity index (χ4v) is 3.84. The van der Waals surface area contributed by atoms with Crippen LogP contribution in [0, 0.1) is 0 Å². The molecule has 0 heterocycles. The molecule has 0 aliphatic heterocycles. The van der Waals surface area contributed by atoms with Crippen LogP contribution in [0.3, 0.4) is 0 Å². The predicted octanol–water partition coefficient (Wildman–Crippen LogP) is 6.78. The lowest BCUT2D eigenvalue weighted by molar-refractivity contribution is -0.136. The first kappa shape index (κ1) is 26.0. The van der Waals surface area contributed by atoms with Crippen LogP contribution in [0.15, 0.2) is 72.8 Å². The van der Waals surface area contributed by atoms with Crippen LogP contribution in [0.2, 0.25) is 0 Å². The minimum atomic E-state index is -0.938. The van der Waals surface area contributed by atoms with Crippen molar-refractivity contribution < 1.29 is 19.4 Å². The Hall–Kier alpha value is -3.60. The Balaban J connectivity index is 1.67. The van der Waals surface area contributed by atoms with Crippen molar-refractivity contribution in [3.8, 4) is 16.9 Å². The molecule has 3 aromatic carbocycles. The van der Waals surface area contributed by atoms with Crippen LogP contribution in [0.25, 0.3) is 11.1 Å². The van der Waals surface area contributed by atoms with Crippen molar-refractivity contribution in [1.82, 2.24) is 5.32 Å². The van der Waals surface area contributed by atoms with E-state index in [-0.39, 0.29) is 30.4 Å². The van der Waals surface area contributed by atoms with Gasteiger partial charge in [0.2, 0.25) is 0 Å². The van der Waals surface area contributed by atoms with Gasteiger partial charge in [-0.1, -0.05) is 82.6 Å². The van der Waals surface area contributed by atoms with Crippen molar-refractivity contribution in [3.63, 3.8) is 0 Å². The lowest BCUT2D eigenvalue weighted by atomic mass is 9.86. The van der Waals surface area contributed by atoms with Crippen LogP contribution >= 0.6 is 0 Å². The van der Waals surface area contributed by atoms with Gasteiger partial charge in [-0.2, -0.15) is 0 Å². The summed E-state index contributed by atoms with van der Waals surface area (Å²) in [6.07, 6.45) is 1.58. The lowest BCUT2D eigenvalue weighted by Crippen LogP contribution is -2.26. The van der Waals surface area contributed by atoms with E-state index in [0.717, 1.165) is 29.7 Å². The fourth-order valence-electron chi connectivity index (χ4n) is 3.84. The van der Waals surface area contributed by atoms with Crippen molar-refractivity contribution >= 4 is 11.9 Å². The molecule has 0 aliphatic carbocycles. The van der Waals surface area contributed by atoms with Crippen molar-refractivity contribution in [2.75, 3.05) is 6.54 Å². The third-order valence-corrected chi connectivity index (χ3v) is 5.94. The van der Waals surface area contributed by atoms with E-state index in [2.05, 4.69) is 69.4 Å². The van der Waals surface area contributed by atoms with Crippen molar-refractivity contribution in [2.45, 2.75) is 58.5 Å². The van der Waals surface area contributed by atoms with E-state index in [1.807, 2.05) is 24.3 Å². The average Bonchev–Trinajstić information content (AvgIpc) is 2.83. The Morgan fingerprint density at radius 3 is 1.97 bits per heavy atom. The lowest BCUT2D eigenvalue weighted by Gasteiger charge is -2.20. The molecule has 0 spiro atoms. The normalized spacial score (nSPS) is 12.1. The summed E-state index contributed by atoms with van der Waals surface area (Å²) in [5.74, 6) is -0.419. The van der Waals surface area contributed by atoms with Crippen LogP contribution in [0.1, 0.15) is 74.5 Å². The molecule has 0 unspecified atom stereocenters. The Bertz CT molecular complexity index is 1110. The quantitative estimate of drug-likeness (QED) is 0.340. The van der Waals surface area contributed by atoms with Gasteiger partial charge in [-0.25, -0.2) is 0 Å². The maximum absolute atomic E-state index is 12.2. The molecule has 5 heteroatoms. The number of carboxylic acids is 1. The highest BCUT2D eigenvalue weighted by Gasteiger charge is 2.15. The van der Waals surface area contributed by atoms with Gasteiger partial charge in [-0.05, 0) is 58.4 Å². The number of carbonyl (C=O) groups excluding carboxylic acids is 1. The number of rotatable bonds is 10. The zero-order valence-electron chi connectivity index (χ0n) is 21.0. The minimum absolute atomic E-state index is 0.0999. The molecule has 1 amide bonds. The van der Waals surface area contributed by atoms with Gasteiger partial charge in [-0.15, -0.1) is 0 Å². The van der Waals surface area contributed by atoms with E-state index >= 15 is 0 Å². The van der Waals surface area contributed by atoms with Gasteiger partial charge in [-0.3, -0.25) is 9.59 Å². The van der Waals surface area contributed by atoms with Crippen LogP contribution in [-0.4, -0.2) is 23.5 Å². The summed E-state index contributed by atoms with van der Waals surface area (Å²) < 4.78 is 6.32. The molecule has 0 saturated heterocycles. The summed E-state index contributed by atoms with van der Waals surface area (Å²) in [5, 5.41) is 11.3. The highest BCUT2D eigenvalue weighted by Crippen LogP contribution is 2.30. The monoisotopic (exact) mass is 473 g/mol. The molecule has 3 aromatic rings. The highest BCUT2D eigenvalue weighted by atomic mass is 16.5. The molecular weight excluding hydrogens is 438 g/mol. The van der Waals surface area contributed by atoms with Gasteiger partial charge >= 0.3 is 5.97 Å². The second-order valence-corrected chi connectivity index (χ2v) is 9.77. The summed E-state index contributed by atoms with van der Waals surface area (Å²) in [4.78, 5) is 22.8. The van der Waals surface area contributed by atoms with Gasteiger partial charge in [0, 0.05) is 12.1 Å². The molecule has 184 valence electrons. The van der Waals surface area contributed by atoms with E-state index in [4.69, 9.17) is 9.84 Å². The molecule has 35 heavy (non-hydrogen) atoms. The fraction of sp³-hybridized carbons (Fsp3) is 0.333. The summed E-state index contributed by atoms with van der Waals surface area (Å²) in [6, 6.07) is 24.2. The minimum Gasteiger partial charge on any atom is -0.486 e. The average molecular weight is 474 g/mol. The number of hydrogen-bond acceptors (Lipinski definition) is 3. The first-order chi connectivity index (χ1) is 16.7. The molecule has 1 atom stereocenters. The van der Waals surface area contributed by atoms with Crippen molar-refractivity contribution in [2.24, 2.45) is 0 Å². The number of hydrogen-bond donors (Lipinski definition) is 2. The maximum Gasteiger partial charge on any atom is 0.305 e. The third kappa shape index (κ3) is 7.44. The molecule has 0 saturated carbocycles. The summed E-state index contributed by atoms with van der Waals surface area (Å²) >= 11 is 0. The number of nitrogens with one attached hydrogen (secondary N) is 1. The molecule has 0 aromatic heterocycles. The largest absolute Gasteiger partial charge is 0.486 e. The van der Waals surface area contributed by atoms with Gasteiger partial charge < -0.3 is 15.2 Å². The van der Waals surface area contributed by atoms with Gasteiger partial charge in [0.15, 0.2) is 0 Å². The standard InChI is InChI=1S/C30H35NO4/c1-5-6-27(23-7-9-24(10-8-23)29(34)31-20-19-28(32)33)35-26-17-13-22(14-18-26)21-11-15-25(16-12-21)30(2,3)4/h7-18,27H,5-6,19-20H2,1-4H3,(H,31,34)(H,32,33)/t27-/m1/s1. The van der Waals surface area contributed by atoms with E-state index in [9.17, 15) is 9.59 Å². The molecule has 3 rings (SSSR count). The van der Waals surface area contributed by atoms with Crippen molar-refractivity contribution in [1.29, 1.82) is 0 Å². The number of amides is 1. The number of ether oxygens (including phenoxy) is 1. The van der Waals surface area contributed by atoms with Gasteiger partial charge in [0.25, 0.3) is 5.91 Å². The zero-order valence-corrected chi connectivity index (χ0v) is 21.0. The Morgan fingerprint density at radius 2 is 1.46 bits per heavy atom. The van der Waals surface area contributed by atoms with Crippen LogP contribution in [-0.2, 0) is 10.2 Å². The molecule has 0 fully saturated rings. The number of carbonyl (C=O) groups is 2. The van der Waals surface area contributed by atoms with Gasteiger partial charge in [0.1, 0.15) is 11.9 Å². The molecule has 0 aliphatic rings. The van der Waals surface area contributed by atoms with E-state index in [1.54, 1.807) is 12.1 Å². The molecule has 2 N–H and O–H groups in total. The zero-order chi connectivity index (χ0) is 25.4. The van der Waals surface area contributed by atoms with Crippen molar-refractivity contribution in [3.05, 3.63) is 89.5 Å². The Kier molecular flexibility index (Phi) is 8.69. The molecule has 0 bridgehead atoms. The summed E-state index contributed by atoms with van der Waals surface area (Å²) in [5.41, 5.74) is 5.25. The second-order valence-electron chi connectivity index (χ2n) is 9.77. The SMILES string of the molecule is CCC[C@@H](Oc1ccc(-c2ccc(C(C)(C)C)cc2)cc1)c1ccc(C(=O)NCCC(=O)O)cc1. The smallest absolute Gasteiger partial charge is 0.305 e. The third-order valence-electron chi connectivity index (χ3n) is 5.94. The van der Waals surface area contributed by atoms with E-state index in [1.165, 1.54) is 11.1 Å². The second kappa shape index (κ2) is 11.7. The topological polar surface area (TPSA) is 75.6 Å². The number of aliphatic carboxylic acids is 1. The highest BCUT2D eigenvalue weighted by molar-refractivity contribution is 5.94. The Labute approximate surface area is 208 Å². The summed E-state index contributed by atoms with van der Waals surface area (Å²) in [7, 11) is 0. The molecule has 0 radical (unpaired) electrons. The van der Waals surface area contributed by atoms with Crippen LogP contribution in [0.5, 0.6) is 5.75 Å². The summed E-state index contributed by atoms with van der Waals surface area (Å²) in [6.45, 7) is 8.86. The molecular formula is C30H35NO4. The maximum atomic E-state index is 12.2. The number of benzene rings is 3. The first-order valence-electron chi connectivity index (χ1n) is 12.1. The Morgan fingerprint density at radius 1 is 0.886 bits per heavy atom. The van der Waals surface area contributed by atoms with Crippen LogP contribution < -0.4 is 10.1 Å². The number of carboxylic acid groups (broad SMARTS) is 1. The van der Waals surface area contributed by atoms with Gasteiger partial charge in [0.05, 0.1) is 6.42 Å². The van der Waals surface area contributed by atoms with Crippen LogP contribution in [0.4, 0.5) is 0 Å². The van der Waals surface area contributed by atoms with E-state index < -0.39 is 5.97 Å². The molecule has 5 nitrogen and oxygen atoms in total. The first-order valence-corrected chi connectivity index (χ1v) is 12.1.